The maximum atomic E-state index is 14.8. The molecule has 2 aliphatic rings. The number of halogens is 2. The van der Waals surface area contributed by atoms with Crippen LogP contribution in [-0.2, 0) is 0 Å². The van der Waals surface area contributed by atoms with E-state index >= 15 is 0 Å². The van der Waals surface area contributed by atoms with Crippen molar-refractivity contribution in [1.82, 2.24) is 0 Å². The highest BCUT2D eigenvalue weighted by atomic mass is 32.2. The number of rotatable bonds is 4. The van der Waals surface area contributed by atoms with Crippen LogP contribution in [0.4, 0.5) is 31.5 Å². The van der Waals surface area contributed by atoms with Crippen molar-refractivity contribution < 1.29 is 8.78 Å². The average Bonchev–Trinajstić information content (AvgIpc) is 3.74. The fraction of sp³-hybridized carbons (Fsp3) is 0.115. The Morgan fingerprint density at radius 3 is 1.19 bits per heavy atom. The topological polar surface area (TPSA) is 6.48 Å². The smallest absolute Gasteiger partial charge is 0.123 e. The summed E-state index contributed by atoms with van der Waals surface area (Å²) in [6.07, 6.45) is 0. The molecule has 8 aromatic rings. The van der Waals surface area contributed by atoms with Crippen molar-refractivity contribution >= 4 is 67.8 Å². The van der Waals surface area contributed by atoms with Crippen molar-refractivity contribution in [2.45, 2.75) is 51.3 Å². The van der Waals surface area contributed by atoms with E-state index in [0.29, 0.717) is 0 Å². The first-order valence-corrected chi connectivity index (χ1v) is 21.2. The van der Waals surface area contributed by atoms with E-state index in [2.05, 4.69) is 124 Å². The van der Waals surface area contributed by atoms with Gasteiger partial charge in [0.2, 0.25) is 0 Å². The van der Waals surface area contributed by atoms with E-state index in [1.807, 2.05) is 36.4 Å². The number of benzene rings is 8. The van der Waals surface area contributed by atoms with Gasteiger partial charge in [-0.3, -0.25) is 0 Å². The minimum absolute atomic E-state index is 0.262. The lowest BCUT2D eigenvalue weighted by atomic mass is 9.93. The van der Waals surface area contributed by atoms with Crippen molar-refractivity contribution in [3.05, 3.63) is 189 Å². The molecule has 58 heavy (non-hydrogen) atoms. The highest BCUT2D eigenvalue weighted by Gasteiger charge is 2.38. The van der Waals surface area contributed by atoms with Crippen LogP contribution in [0.15, 0.2) is 153 Å². The zero-order valence-corrected chi connectivity index (χ0v) is 34.8. The summed E-state index contributed by atoms with van der Waals surface area (Å²) >= 11 is 3.51. The molecule has 2 nitrogen and oxygen atoms in total. The zero-order valence-electron chi connectivity index (χ0n) is 33.2. The Morgan fingerprint density at radius 1 is 0.397 bits per heavy atom. The molecule has 0 spiro atoms. The van der Waals surface area contributed by atoms with Crippen molar-refractivity contribution in [1.29, 1.82) is 0 Å². The molecule has 0 aromatic heterocycles. The normalized spacial score (nSPS) is 14.8. The molecule has 0 saturated carbocycles. The lowest BCUT2D eigenvalue weighted by molar-refractivity contribution is 0.629. The van der Waals surface area contributed by atoms with Gasteiger partial charge in [-0.25, -0.2) is 8.78 Å². The predicted molar refractivity (Wildman–Crippen MR) is 243 cm³/mol. The van der Waals surface area contributed by atoms with Gasteiger partial charge in [0.15, 0.2) is 0 Å². The third-order valence-electron chi connectivity index (χ3n) is 11.5. The van der Waals surface area contributed by atoms with Crippen LogP contribution in [0.1, 0.15) is 33.4 Å². The summed E-state index contributed by atoms with van der Waals surface area (Å²) in [7, 11) is 0. The lowest BCUT2D eigenvalue weighted by Gasteiger charge is -2.29. The fourth-order valence-corrected chi connectivity index (χ4v) is 11.7. The summed E-state index contributed by atoms with van der Waals surface area (Å²) in [5, 5.41) is 5.69. The predicted octanol–water partition coefficient (Wildman–Crippen LogP) is 15.8. The van der Waals surface area contributed by atoms with Crippen LogP contribution in [0, 0.1) is 53.2 Å². The van der Waals surface area contributed by atoms with Gasteiger partial charge >= 0.3 is 0 Å². The summed E-state index contributed by atoms with van der Waals surface area (Å²) in [6, 6.07) is 45.0. The van der Waals surface area contributed by atoms with Crippen molar-refractivity contribution in [3.8, 4) is 22.3 Å². The third kappa shape index (κ3) is 6.00. The van der Waals surface area contributed by atoms with Crippen LogP contribution in [0.5, 0.6) is 0 Å². The summed E-state index contributed by atoms with van der Waals surface area (Å²) in [5.74, 6) is -0.524. The van der Waals surface area contributed by atoms with E-state index in [1.165, 1.54) is 44.5 Å². The molecular weight excluding hydrogens is 755 g/mol. The molecule has 0 radical (unpaired) electrons. The molecule has 2 aliphatic heterocycles. The number of anilines is 4. The molecule has 284 valence electrons. The molecule has 0 N–H and O–H groups in total. The van der Waals surface area contributed by atoms with Crippen LogP contribution < -0.4 is 9.80 Å². The molecule has 0 atom stereocenters. The van der Waals surface area contributed by atoms with Crippen LogP contribution in [-0.4, -0.2) is 0 Å². The molecule has 2 heterocycles. The van der Waals surface area contributed by atoms with E-state index in [4.69, 9.17) is 0 Å². The Balaban J connectivity index is 1.25. The maximum Gasteiger partial charge on any atom is 0.123 e. The number of thioether (sulfide) groups is 2. The molecule has 0 bridgehead atoms. The quantitative estimate of drug-likeness (QED) is 0.175. The molecule has 10 rings (SSSR count). The minimum Gasteiger partial charge on any atom is -0.301 e. The van der Waals surface area contributed by atoms with E-state index in [0.717, 1.165) is 75.3 Å². The average molecular weight is 795 g/mol. The van der Waals surface area contributed by atoms with Gasteiger partial charge in [-0.05, 0) is 170 Å². The summed E-state index contributed by atoms with van der Waals surface area (Å²) < 4.78 is 29.5. The maximum absolute atomic E-state index is 14.8. The number of nitrogens with zero attached hydrogens (tertiary/aromatic N) is 2. The molecule has 8 aromatic carbocycles. The lowest BCUT2D eigenvalue weighted by Crippen LogP contribution is -2.19. The van der Waals surface area contributed by atoms with Gasteiger partial charge in [-0.1, -0.05) is 95.3 Å². The van der Waals surface area contributed by atoms with Gasteiger partial charge in [0.05, 0.1) is 22.7 Å². The zero-order chi connectivity index (χ0) is 40.0. The number of fused-ring (bicyclic) bond motifs is 4. The fourth-order valence-electron chi connectivity index (χ4n) is 9.28. The first-order chi connectivity index (χ1) is 28.0. The number of hydrogen-bond acceptors (Lipinski definition) is 4. The Kier molecular flexibility index (Phi) is 8.77. The SMILES string of the molecule is Cc1cc(C)c(-c2ccc3c(c2)N(c2cccc4cc(F)ccc24)/C(=C2\Sc4ccc(-c5c(C)cc(C)cc5C)cc4N2c2cccc4cc(F)ccc24)S3)c(C)c1. The summed E-state index contributed by atoms with van der Waals surface area (Å²) in [5.41, 5.74) is 16.3. The summed E-state index contributed by atoms with van der Waals surface area (Å²) in [6.45, 7) is 13.1. The minimum atomic E-state index is -0.262. The van der Waals surface area contributed by atoms with Crippen LogP contribution in [0.25, 0.3) is 43.8 Å². The van der Waals surface area contributed by atoms with Gasteiger partial charge in [0.25, 0.3) is 0 Å². The highest BCUT2D eigenvalue weighted by molar-refractivity contribution is 8.07. The molecule has 0 amide bonds. The Labute approximate surface area is 346 Å². The van der Waals surface area contributed by atoms with Crippen LogP contribution >= 0.6 is 23.5 Å². The van der Waals surface area contributed by atoms with E-state index < -0.39 is 0 Å². The van der Waals surface area contributed by atoms with Crippen molar-refractivity contribution in [2.75, 3.05) is 9.80 Å². The van der Waals surface area contributed by atoms with Crippen LogP contribution in [0.3, 0.4) is 0 Å². The van der Waals surface area contributed by atoms with Gasteiger partial charge in [-0.2, -0.15) is 0 Å². The molecule has 0 saturated heterocycles. The summed E-state index contributed by atoms with van der Waals surface area (Å²) in [4.78, 5) is 7.03. The number of hydrogen-bond donors (Lipinski definition) is 0. The Morgan fingerprint density at radius 2 is 0.793 bits per heavy atom. The second kappa shape index (κ2) is 13.9. The van der Waals surface area contributed by atoms with E-state index in [1.54, 1.807) is 47.8 Å². The van der Waals surface area contributed by atoms with Gasteiger partial charge in [-0.15, -0.1) is 0 Å². The molecule has 0 unspecified atom stereocenters. The molecular formula is C52H40F2N2S2. The van der Waals surface area contributed by atoms with Gasteiger partial charge < -0.3 is 9.80 Å². The monoisotopic (exact) mass is 794 g/mol. The highest BCUT2D eigenvalue weighted by Crippen LogP contribution is 2.61. The Hall–Kier alpha value is -5.82. The first kappa shape index (κ1) is 36.5. The van der Waals surface area contributed by atoms with Crippen molar-refractivity contribution in [3.63, 3.8) is 0 Å². The van der Waals surface area contributed by atoms with E-state index in [9.17, 15) is 8.78 Å². The second-order valence-corrected chi connectivity index (χ2v) is 17.7. The van der Waals surface area contributed by atoms with E-state index in [-0.39, 0.29) is 11.6 Å². The van der Waals surface area contributed by atoms with Gasteiger partial charge in [0.1, 0.15) is 21.7 Å². The number of aryl methyl sites for hydroxylation is 6. The standard InChI is InChI=1S/C52H40F2N2S2/c1-29-21-31(3)49(32(4)22-29)37-13-19-47-45(27-37)55(43-11-7-9-35-25-39(53)15-17-41(35)43)51(57-47)52-56(44-12-8-10-36-26-40(54)16-18-42(36)44)46-28-38(14-20-48(46)58-52)50-33(5)23-30(2)24-34(50)6/h7-28H,1-6H3/b52-51+. The second-order valence-electron chi connectivity index (χ2n) is 15.7. The van der Waals surface area contributed by atoms with Crippen molar-refractivity contribution in [2.24, 2.45) is 0 Å². The Bertz CT molecular complexity index is 2820. The van der Waals surface area contributed by atoms with Gasteiger partial charge in [0, 0.05) is 20.6 Å². The largest absolute Gasteiger partial charge is 0.301 e. The molecule has 0 fully saturated rings. The molecule has 0 aliphatic carbocycles. The molecule has 6 heteroatoms. The first-order valence-electron chi connectivity index (χ1n) is 19.5. The third-order valence-corrected chi connectivity index (χ3v) is 13.9. The van der Waals surface area contributed by atoms with Crippen LogP contribution in [0.2, 0.25) is 0 Å².